The summed E-state index contributed by atoms with van der Waals surface area (Å²) < 4.78 is 18.0. The van der Waals surface area contributed by atoms with E-state index in [0.717, 1.165) is 16.0 Å². The minimum atomic E-state index is -0.907. The van der Waals surface area contributed by atoms with Crippen LogP contribution in [0.3, 0.4) is 0 Å². The van der Waals surface area contributed by atoms with Gasteiger partial charge in [-0.15, -0.1) is 0 Å². The molecule has 2 atom stereocenters. The van der Waals surface area contributed by atoms with Gasteiger partial charge in [0.1, 0.15) is 29.1 Å². The number of rotatable bonds is 7. The third-order valence-electron chi connectivity index (χ3n) is 6.96. The smallest absolute Gasteiger partial charge is 0.301 e. The van der Waals surface area contributed by atoms with Crippen molar-refractivity contribution in [2.45, 2.75) is 39.3 Å². The van der Waals surface area contributed by atoms with Gasteiger partial charge in [-0.3, -0.25) is 14.5 Å². The first kappa shape index (κ1) is 25.9. The van der Waals surface area contributed by atoms with Gasteiger partial charge in [0.15, 0.2) is 5.13 Å². The molecule has 0 radical (unpaired) electrons. The highest BCUT2D eigenvalue weighted by Gasteiger charge is 2.48. The van der Waals surface area contributed by atoms with Gasteiger partial charge in [-0.2, -0.15) is 0 Å². The molecule has 0 aliphatic carbocycles. The van der Waals surface area contributed by atoms with E-state index in [1.165, 1.54) is 16.2 Å². The van der Waals surface area contributed by atoms with Crippen molar-refractivity contribution in [3.05, 3.63) is 82.9 Å². The highest BCUT2D eigenvalue weighted by molar-refractivity contribution is 7.22. The lowest BCUT2D eigenvalue weighted by Gasteiger charge is -2.23. The van der Waals surface area contributed by atoms with E-state index >= 15 is 0 Å². The molecule has 3 aromatic carbocycles. The Hall–Kier alpha value is -4.37. The van der Waals surface area contributed by atoms with Crippen LogP contribution < -0.4 is 19.1 Å². The summed E-state index contributed by atoms with van der Waals surface area (Å²) in [5.74, 6) is 0.281. The van der Waals surface area contributed by atoms with Crippen molar-refractivity contribution in [2.75, 3.05) is 18.1 Å². The minimum absolute atomic E-state index is 0.000163. The normalized spacial score (nSPS) is 19.6. The summed E-state index contributed by atoms with van der Waals surface area (Å²) >= 11 is 1.29. The van der Waals surface area contributed by atoms with E-state index in [4.69, 9.17) is 19.2 Å². The average Bonchev–Trinajstić information content (AvgIpc) is 3.61. The average molecular weight is 557 g/mol. The second-order valence-corrected chi connectivity index (χ2v) is 10.7. The Kier molecular flexibility index (Phi) is 6.67. The summed E-state index contributed by atoms with van der Waals surface area (Å²) in [5.41, 5.74) is 2.70. The van der Waals surface area contributed by atoms with Crippen LogP contribution in [0.25, 0.3) is 16.0 Å². The maximum Gasteiger partial charge on any atom is 0.301 e. The van der Waals surface area contributed by atoms with Gasteiger partial charge in [0.05, 0.1) is 35.0 Å². The standard InChI is InChI=1S/C31H28N2O6S/c1-4-37-21-8-6-7-18(15-21)27-26(28(34)19-9-12-24-20(14-19)13-17(3)39-24)29(35)30(36)33(27)31-32-23-11-10-22(38-5-2)16-25(23)40-31/h6-12,14-17,27,34H,4-5,13H2,1-3H3/t17-,27-/m1/s1. The van der Waals surface area contributed by atoms with Gasteiger partial charge in [0.25, 0.3) is 5.78 Å². The first-order valence-corrected chi connectivity index (χ1v) is 14.1. The lowest BCUT2D eigenvalue weighted by Crippen LogP contribution is -2.29. The molecule has 0 spiro atoms. The third kappa shape index (κ3) is 4.46. The number of Topliss-reactive ketones (excluding diaryl/α,β-unsaturated/α-hetero) is 1. The van der Waals surface area contributed by atoms with Gasteiger partial charge in [0.2, 0.25) is 0 Å². The van der Waals surface area contributed by atoms with Crippen molar-refractivity contribution in [1.82, 2.24) is 4.98 Å². The summed E-state index contributed by atoms with van der Waals surface area (Å²) in [4.78, 5) is 33.4. The molecular weight excluding hydrogens is 528 g/mol. The van der Waals surface area contributed by atoms with Gasteiger partial charge in [-0.1, -0.05) is 23.5 Å². The molecule has 0 bridgehead atoms. The van der Waals surface area contributed by atoms with Crippen molar-refractivity contribution < 1.29 is 28.9 Å². The van der Waals surface area contributed by atoms with E-state index in [0.29, 0.717) is 52.9 Å². The second-order valence-electron chi connectivity index (χ2n) is 9.69. The molecule has 3 heterocycles. The summed E-state index contributed by atoms with van der Waals surface area (Å²) in [6.07, 6.45) is 0.724. The van der Waals surface area contributed by atoms with Crippen molar-refractivity contribution >= 4 is 44.1 Å². The van der Waals surface area contributed by atoms with Gasteiger partial charge in [-0.25, -0.2) is 4.98 Å². The van der Waals surface area contributed by atoms with E-state index in [1.807, 2.05) is 57.2 Å². The topological polar surface area (TPSA) is 98.2 Å². The van der Waals surface area contributed by atoms with Crippen LogP contribution >= 0.6 is 11.3 Å². The maximum atomic E-state index is 13.6. The summed E-state index contributed by atoms with van der Waals surface area (Å²) in [5, 5.41) is 11.9. The number of aliphatic hydroxyl groups excluding tert-OH is 1. The molecule has 0 saturated carbocycles. The predicted molar refractivity (Wildman–Crippen MR) is 153 cm³/mol. The van der Waals surface area contributed by atoms with E-state index in [-0.39, 0.29) is 17.4 Å². The van der Waals surface area contributed by atoms with Crippen molar-refractivity contribution in [3.8, 4) is 17.2 Å². The molecule has 1 aromatic heterocycles. The molecule has 1 N–H and O–H groups in total. The van der Waals surface area contributed by atoms with Crippen LogP contribution in [0.5, 0.6) is 17.2 Å². The van der Waals surface area contributed by atoms with E-state index in [1.54, 1.807) is 24.3 Å². The number of fused-ring (bicyclic) bond motifs is 2. The number of aliphatic hydroxyl groups is 1. The highest BCUT2D eigenvalue weighted by Crippen LogP contribution is 2.45. The Morgan fingerprint density at radius 1 is 1.05 bits per heavy atom. The van der Waals surface area contributed by atoms with Crippen LogP contribution in [0.1, 0.15) is 43.5 Å². The molecule has 0 unspecified atom stereocenters. The number of nitrogens with zero attached hydrogens (tertiary/aromatic N) is 2. The van der Waals surface area contributed by atoms with Crippen LogP contribution in [0, 0.1) is 0 Å². The lowest BCUT2D eigenvalue weighted by molar-refractivity contribution is -0.132. The zero-order valence-electron chi connectivity index (χ0n) is 22.3. The van der Waals surface area contributed by atoms with Crippen LogP contribution in [0.15, 0.2) is 66.2 Å². The number of aromatic nitrogens is 1. The highest BCUT2D eigenvalue weighted by atomic mass is 32.1. The predicted octanol–water partition coefficient (Wildman–Crippen LogP) is 6.04. The number of hydrogen-bond donors (Lipinski definition) is 1. The second kappa shape index (κ2) is 10.3. The number of benzene rings is 3. The number of carbonyl (C=O) groups is 2. The van der Waals surface area contributed by atoms with Crippen LogP contribution in [0.2, 0.25) is 0 Å². The number of thiazole rings is 1. The Balaban J connectivity index is 1.51. The minimum Gasteiger partial charge on any atom is -0.507 e. The van der Waals surface area contributed by atoms with Crippen LogP contribution in [0.4, 0.5) is 5.13 Å². The van der Waals surface area contributed by atoms with Crippen molar-refractivity contribution in [2.24, 2.45) is 0 Å². The molecule has 1 amide bonds. The fourth-order valence-corrected chi connectivity index (χ4v) is 6.28. The Bertz CT molecular complexity index is 1680. The molecule has 2 aliphatic heterocycles. The number of hydrogen-bond acceptors (Lipinski definition) is 8. The molecule has 1 fully saturated rings. The first-order chi connectivity index (χ1) is 19.4. The molecule has 2 aliphatic rings. The van der Waals surface area contributed by atoms with E-state index < -0.39 is 17.7 Å². The Morgan fingerprint density at radius 2 is 1.82 bits per heavy atom. The number of carbonyl (C=O) groups excluding carboxylic acids is 2. The van der Waals surface area contributed by atoms with Crippen molar-refractivity contribution in [1.29, 1.82) is 0 Å². The molecule has 40 heavy (non-hydrogen) atoms. The summed E-state index contributed by atoms with van der Waals surface area (Å²) in [6.45, 7) is 6.75. The largest absolute Gasteiger partial charge is 0.507 e. The molecule has 204 valence electrons. The Morgan fingerprint density at radius 3 is 2.60 bits per heavy atom. The number of amides is 1. The molecule has 9 heteroatoms. The quantitative estimate of drug-likeness (QED) is 0.168. The summed E-state index contributed by atoms with van der Waals surface area (Å²) in [6, 6.07) is 17.2. The van der Waals surface area contributed by atoms with Crippen molar-refractivity contribution in [3.63, 3.8) is 0 Å². The van der Waals surface area contributed by atoms with Gasteiger partial charge in [0, 0.05) is 12.0 Å². The monoisotopic (exact) mass is 556 g/mol. The fourth-order valence-electron chi connectivity index (χ4n) is 5.26. The number of ether oxygens (including phenoxy) is 3. The molecular formula is C31H28N2O6S. The molecule has 6 rings (SSSR count). The number of anilines is 1. The van der Waals surface area contributed by atoms with E-state index in [9.17, 15) is 14.7 Å². The zero-order chi connectivity index (χ0) is 28.0. The lowest BCUT2D eigenvalue weighted by atomic mass is 9.94. The molecule has 4 aromatic rings. The first-order valence-electron chi connectivity index (χ1n) is 13.2. The van der Waals surface area contributed by atoms with Gasteiger partial charge in [-0.05, 0) is 80.4 Å². The Labute approximate surface area is 235 Å². The maximum absolute atomic E-state index is 13.6. The van der Waals surface area contributed by atoms with Gasteiger partial charge < -0.3 is 19.3 Å². The zero-order valence-corrected chi connectivity index (χ0v) is 23.2. The van der Waals surface area contributed by atoms with Crippen LogP contribution in [-0.4, -0.2) is 41.1 Å². The summed E-state index contributed by atoms with van der Waals surface area (Å²) in [7, 11) is 0. The van der Waals surface area contributed by atoms with E-state index in [2.05, 4.69) is 0 Å². The fraction of sp³-hybridized carbons (Fsp3) is 0.258. The SMILES string of the molecule is CCOc1cccc([C@@H]2C(=C(O)c3ccc4c(c3)C[C@@H](C)O4)C(=O)C(=O)N2c2nc3ccc(OCC)cc3s2)c1. The van der Waals surface area contributed by atoms with Crippen LogP contribution in [-0.2, 0) is 16.0 Å². The molecule has 1 saturated heterocycles. The van der Waals surface area contributed by atoms with Gasteiger partial charge >= 0.3 is 5.91 Å². The molecule has 8 nitrogen and oxygen atoms in total. The number of ketones is 1. The third-order valence-corrected chi connectivity index (χ3v) is 7.98.